The van der Waals surface area contributed by atoms with Crippen molar-refractivity contribution in [1.29, 1.82) is 0 Å². The van der Waals surface area contributed by atoms with E-state index in [4.69, 9.17) is 12.2 Å². The molecule has 0 aromatic heterocycles. The second kappa shape index (κ2) is 31.2. The predicted molar refractivity (Wildman–Crippen MR) is 206 cm³/mol. The zero-order chi connectivity index (χ0) is 35.2. The van der Waals surface area contributed by atoms with E-state index in [-0.39, 0.29) is 19.4 Å². The number of hydrogen-bond donors (Lipinski definition) is 7. The van der Waals surface area contributed by atoms with Crippen LogP contribution in [0.5, 0.6) is 0 Å². The lowest BCUT2D eigenvalue weighted by Crippen LogP contribution is -2.55. The van der Waals surface area contributed by atoms with Crippen LogP contribution < -0.4 is 10.6 Å². The highest BCUT2D eigenvalue weighted by Gasteiger charge is 2.32. The lowest BCUT2D eigenvalue weighted by molar-refractivity contribution is -0.0623. The molecule has 0 aromatic rings. The highest BCUT2D eigenvalue weighted by Crippen LogP contribution is 2.17. The van der Waals surface area contributed by atoms with Crippen LogP contribution in [0.1, 0.15) is 187 Å². The van der Waals surface area contributed by atoms with Crippen LogP contribution in [0.3, 0.4) is 0 Å². The van der Waals surface area contributed by atoms with E-state index in [0.29, 0.717) is 11.4 Å². The Kier molecular flexibility index (Phi) is 29.5. The number of hydrogen-bond acceptors (Lipinski definition) is 7. The van der Waals surface area contributed by atoms with Crippen LogP contribution in [0, 0.1) is 0 Å². The molecule has 0 saturated heterocycles. The topological polar surface area (TPSA) is 125 Å². The molecule has 0 bridgehead atoms. The highest BCUT2D eigenvalue weighted by atomic mass is 32.1. The average molecular weight is 699 g/mol. The normalized spacial score (nSPS) is 21.6. The van der Waals surface area contributed by atoms with E-state index in [0.717, 1.165) is 19.3 Å². The number of thiocarbonyl (C=S) groups is 1. The molecular weight excluding hydrogens is 621 g/mol. The largest absolute Gasteiger partial charge is 0.393 e. The third-order valence-electron chi connectivity index (χ3n) is 10.2. The molecule has 1 aliphatic carbocycles. The highest BCUT2D eigenvalue weighted by molar-refractivity contribution is 7.80. The van der Waals surface area contributed by atoms with Crippen LogP contribution in [0.25, 0.3) is 0 Å². The summed E-state index contributed by atoms with van der Waals surface area (Å²) in [6.07, 6.45) is 31.8. The van der Waals surface area contributed by atoms with Crippen molar-refractivity contribution < 1.29 is 25.5 Å². The third kappa shape index (κ3) is 23.7. The Bertz CT molecular complexity index is 772. The molecule has 48 heavy (non-hydrogen) atoms. The van der Waals surface area contributed by atoms with Crippen molar-refractivity contribution in [3.63, 3.8) is 0 Å². The molecular formula is C40H78N2O5S. The van der Waals surface area contributed by atoms with Crippen LogP contribution in [-0.2, 0) is 0 Å². The Labute approximate surface area is 301 Å². The van der Waals surface area contributed by atoms with Crippen molar-refractivity contribution in [3.8, 4) is 0 Å². The summed E-state index contributed by atoms with van der Waals surface area (Å²) < 4.78 is 0. The zero-order valence-electron chi connectivity index (χ0n) is 31.1. The molecule has 0 heterocycles. The van der Waals surface area contributed by atoms with Gasteiger partial charge in [0.05, 0.1) is 35.4 Å². The van der Waals surface area contributed by atoms with Gasteiger partial charge < -0.3 is 36.2 Å². The first-order valence-electron chi connectivity index (χ1n) is 20.4. The molecule has 7 atom stereocenters. The Hall–Kier alpha value is -0.610. The van der Waals surface area contributed by atoms with Gasteiger partial charge in [0.1, 0.15) is 12.2 Å². The van der Waals surface area contributed by atoms with Gasteiger partial charge in [-0.05, 0) is 25.7 Å². The first kappa shape index (κ1) is 45.4. The quantitative estimate of drug-likeness (QED) is 0.0213. The maximum absolute atomic E-state index is 10.9. The van der Waals surface area contributed by atoms with Crippen molar-refractivity contribution in [2.75, 3.05) is 6.54 Å². The smallest absolute Gasteiger partial charge is 0.108 e. The number of aliphatic hydroxyl groups excluding tert-OH is 5. The number of aliphatic hydroxyl groups is 5. The summed E-state index contributed by atoms with van der Waals surface area (Å²) in [5, 5.41) is 58.1. The van der Waals surface area contributed by atoms with Crippen LogP contribution in [-0.4, -0.2) is 79.7 Å². The van der Waals surface area contributed by atoms with E-state index in [2.05, 4.69) is 17.6 Å². The van der Waals surface area contributed by atoms with Gasteiger partial charge in [-0.15, -0.1) is 0 Å². The minimum Gasteiger partial charge on any atom is -0.393 e. The fourth-order valence-electron chi connectivity index (χ4n) is 6.75. The maximum atomic E-state index is 10.9. The van der Waals surface area contributed by atoms with Gasteiger partial charge in [0, 0.05) is 13.0 Å². The molecule has 0 spiro atoms. The summed E-state index contributed by atoms with van der Waals surface area (Å²) in [6, 6.07) is -1.02. The Morgan fingerprint density at radius 1 is 0.667 bits per heavy atom. The lowest BCUT2D eigenvalue weighted by atomic mass is 10.00. The van der Waals surface area contributed by atoms with E-state index in [1.807, 2.05) is 6.92 Å². The third-order valence-corrected chi connectivity index (χ3v) is 10.5. The van der Waals surface area contributed by atoms with Gasteiger partial charge in [-0.1, -0.05) is 179 Å². The lowest BCUT2D eigenvalue weighted by Gasteiger charge is -2.31. The molecule has 1 rings (SSSR count). The molecule has 7 N–H and O–H groups in total. The summed E-state index contributed by atoms with van der Waals surface area (Å²) in [5.41, 5.74) is 0. The van der Waals surface area contributed by atoms with Crippen molar-refractivity contribution in [1.82, 2.24) is 10.6 Å². The molecule has 0 aromatic carbocycles. The molecule has 0 aliphatic heterocycles. The fraction of sp³-hybridized carbons (Fsp3) is 0.925. The van der Waals surface area contributed by atoms with Crippen molar-refractivity contribution >= 4 is 17.2 Å². The first-order valence-corrected chi connectivity index (χ1v) is 20.8. The summed E-state index contributed by atoms with van der Waals surface area (Å²) in [7, 11) is 0. The van der Waals surface area contributed by atoms with Gasteiger partial charge in [0.25, 0.3) is 0 Å². The van der Waals surface area contributed by atoms with Crippen molar-refractivity contribution in [2.24, 2.45) is 0 Å². The number of nitrogens with one attached hydrogen (secondary N) is 2. The van der Waals surface area contributed by atoms with E-state index < -0.39 is 42.6 Å². The van der Waals surface area contributed by atoms with E-state index >= 15 is 0 Å². The molecule has 8 heteroatoms. The van der Waals surface area contributed by atoms with E-state index in [9.17, 15) is 25.5 Å². The monoisotopic (exact) mass is 699 g/mol. The van der Waals surface area contributed by atoms with Crippen molar-refractivity contribution in [3.05, 3.63) is 12.2 Å². The number of rotatable bonds is 32. The summed E-state index contributed by atoms with van der Waals surface area (Å²) in [4.78, 5) is 0.697. The minimum atomic E-state index is -1.25. The summed E-state index contributed by atoms with van der Waals surface area (Å²) in [5.74, 6) is 0. The van der Waals surface area contributed by atoms with Gasteiger partial charge in [-0.2, -0.15) is 0 Å². The summed E-state index contributed by atoms with van der Waals surface area (Å²) in [6.45, 7) is 4.45. The van der Waals surface area contributed by atoms with E-state index in [1.165, 1.54) is 135 Å². The minimum absolute atomic E-state index is 0.225. The molecule has 0 radical (unpaired) electrons. The zero-order valence-corrected chi connectivity index (χ0v) is 32.0. The summed E-state index contributed by atoms with van der Waals surface area (Å²) >= 11 is 5.62. The second-order valence-corrected chi connectivity index (χ2v) is 15.2. The van der Waals surface area contributed by atoms with Crippen LogP contribution in [0.15, 0.2) is 12.2 Å². The fourth-order valence-corrected chi connectivity index (χ4v) is 7.05. The Morgan fingerprint density at radius 3 is 1.54 bits per heavy atom. The van der Waals surface area contributed by atoms with Gasteiger partial charge in [-0.25, -0.2) is 0 Å². The van der Waals surface area contributed by atoms with Gasteiger partial charge >= 0.3 is 0 Å². The molecule has 7 nitrogen and oxygen atoms in total. The number of unbranched alkanes of at least 4 members (excludes halogenated alkanes) is 22. The maximum Gasteiger partial charge on any atom is 0.108 e. The van der Waals surface area contributed by atoms with Gasteiger partial charge in [-0.3, -0.25) is 0 Å². The molecule has 284 valence electrons. The molecule has 0 fully saturated rings. The Morgan fingerprint density at radius 2 is 1.10 bits per heavy atom. The molecule has 1 aliphatic rings. The molecule has 0 amide bonds. The Balaban J connectivity index is 2.06. The first-order chi connectivity index (χ1) is 23.3. The molecule has 0 saturated carbocycles. The van der Waals surface area contributed by atoms with Gasteiger partial charge in [0.2, 0.25) is 0 Å². The van der Waals surface area contributed by atoms with Crippen LogP contribution in [0.2, 0.25) is 0 Å². The van der Waals surface area contributed by atoms with Crippen LogP contribution >= 0.6 is 12.2 Å². The SMILES string of the molecule is CCCCCCCCCCCCCCCCCCCCCCCCCC(=S)NC(CNC1C=CCC(O)C(O)C1O)C(O)CC(O)CC. The van der Waals surface area contributed by atoms with Crippen molar-refractivity contribution in [2.45, 2.75) is 230 Å². The molecule has 7 unspecified atom stereocenters. The second-order valence-electron chi connectivity index (χ2n) is 14.7. The standard InChI is InChI=1S/C40H78N2O5S/c1-3-5-6-7-8-9-10-11-12-13-14-15-16-17-18-19-20-21-22-23-24-25-26-30-38(48)42-35(37(45)31-33(43)4-2)32-41-34-28-27-29-36(44)40(47)39(34)46/h27-28,33-37,39-41,43-47H,3-26,29-32H2,1-2H3,(H,42,48). The predicted octanol–water partition coefficient (Wildman–Crippen LogP) is 8.18. The average Bonchev–Trinajstić information content (AvgIpc) is 3.19. The van der Waals surface area contributed by atoms with E-state index in [1.54, 1.807) is 12.2 Å². The van der Waals surface area contributed by atoms with Gasteiger partial charge in [0.15, 0.2) is 0 Å². The van der Waals surface area contributed by atoms with Crippen LogP contribution in [0.4, 0.5) is 0 Å².